The van der Waals surface area contributed by atoms with Gasteiger partial charge in [0.25, 0.3) is 0 Å². The molecule has 138 valence electrons. The van der Waals surface area contributed by atoms with E-state index in [-0.39, 0.29) is 18.3 Å². The summed E-state index contributed by atoms with van der Waals surface area (Å²) in [5.74, 6) is -0.565. The molecule has 2 aromatic rings. The number of esters is 1. The lowest BCUT2D eigenvalue weighted by atomic mass is 9.95. The molecule has 0 fully saturated rings. The van der Waals surface area contributed by atoms with Crippen LogP contribution in [0.15, 0.2) is 18.2 Å². The van der Waals surface area contributed by atoms with E-state index < -0.39 is 0 Å². The maximum absolute atomic E-state index is 12.5. The Morgan fingerprint density at radius 2 is 1.96 bits per heavy atom. The largest absolute Gasteiger partial charge is 0.462 e. The lowest BCUT2D eigenvalue weighted by Gasteiger charge is -2.12. The summed E-state index contributed by atoms with van der Waals surface area (Å²) < 4.78 is 5.21. The zero-order valence-corrected chi connectivity index (χ0v) is 16.7. The molecule has 0 aliphatic heterocycles. The van der Waals surface area contributed by atoms with Gasteiger partial charge in [-0.2, -0.15) is 0 Å². The van der Waals surface area contributed by atoms with E-state index in [1.54, 1.807) is 25.1 Å². The second-order valence-corrected chi connectivity index (χ2v) is 8.03. The van der Waals surface area contributed by atoms with Crippen molar-refractivity contribution in [3.05, 3.63) is 49.8 Å². The minimum atomic E-state index is -0.364. The predicted molar refractivity (Wildman–Crippen MR) is 106 cm³/mol. The number of benzene rings is 1. The first-order chi connectivity index (χ1) is 12.5. The summed E-state index contributed by atoms with van der Waals surface area (Å²) in [6.07, 6.45) is 4.10. The normalized spacial score (nSPS) is 13.2. The molecule has 3 rings (SSSR count). The number of anilines is 1. The maximum atomic E-state index is 12.5. The first-order valence-corrected chi connectivity index (χ1v) is 10.1. The van der Waals surface area contributed by atoms with E-state index in [0.717, 1.165) is 36.8 Å². The van der Waals surface area contributed by atoms with Crippen LogP contribution in [0.4, 0.5) is 5.00 Å². The number of thiophene rings is 1. The Morgan fingerprint density at radius 3 is 2.69 bits per heavy atom. The number of carbonyl (C=O) groups excluding carboxylic acids is 2. The number of ether oxygens (including phenoxy) is 1. The Bertz CT molecular complexity index is 848. The predicted octanol–water partition coefficient (Wildman–Crippen LogP) is 5.29. The summed E-state index contributed by atoms with van der Waals surface area (Å²) in [6.45, 7) is 2.08. The first kappa shape index (κ1) is 19.2. The number of hydrogen-bond donors (Lipinski definition) is 1. The third-order valence-electron chi connectivity index (χ3n) is 4.25. The highest BCUT2D eigenvalue weighted by atomic mass is 35.5. The van der Waals surface area contributed by atoms with Gasteiger partial charge in [-0.15, -0.1) is 11.3 Å². The summed E-state index contributed by atoms with van der Waals surface area (Å²) in [4.78, 5) is 26.1. The Labute approximate surface area is 166 Å². The van der Waals surface area contributed by atoms with Crippen molar-refractivity contribution in [3.63, 3.8) is 0 Å². The van der Waals surface area contributed by atoms with Crippen LogP contribution in [-0.4, -0.2) is 18.5 Å². The highest BCUT2D eigenvalue weighted by Crippen LogP contribution is 2.38. The standard InChI is InChI=1S/C19H19Cl2NO3S/c1-2-25-19(24)17-12-5-3-4-6-15(12)26-18(17)22-16(23)10-11-7-8-13(20)14(21)9-11/h7-9H,2-6,10H2,1H3,(H,22,23). The van der Waals surface area contributed by atoms with Crippen LogP contribution in [0.25, 0.3) is 0 Å². The molecule has 1 aliphatic rings. The number of aryl methyl sites for hydroxylation is 1. The molecule has 1 aromatic heterocycles. The SMILES string of the molecule is CCOC(=O)c1c(NC(=O)Cc2ccc(Cl)c(Cl)c2)sc2c1CCCC2. The lowest BCUT2D eigenvalue weighted by molar-refractivity contribution is -0.115. The number of halogens is 2. The van der Waals surface area contributed by atoms with Crippen LogP contribution in [0, 0.1) is 0 Å². The van der Waals surface area contributed by atoms with Crippen LogP contribution in [0.3, 0.4) is 0 Å². The van der Waals surface area contributed by atoms with E-state index in [2.05, 4.69) is 5.32 Å². The van der Waals surface area contributed by atoms with Gasteiger partial charge in [0.1, 0.15) is 5.00 Å². The quantitative estimate of drug-likeness (QED) is 0.679. The summed E-state index contributed by atoms with van der Waals surface area (Å²) in [5, 5.41) is 4.34. The van der Waals surface area contributed by atoms with Gasteiger partial charge in [0.05, 0.1) is 28.6 Å². The average molecular weight is 412 g/mol. The summed E-state index contributed by atoms with van der Waals surface area (Å²) >= 11 is 13.4. The summed E-state index contributed by atoms with van der Waals surface area (Å²) in [6, 6.07) is 5.11. The molecule has 0 spiro atoms. The molecule has 1 N–H and O–H groups in total. The van der Waals surface area contributed by atoms with Gasteiger partial charge in [0.15, 0.2) is 0 Å². The van der Waals surface area contributed by atoms with Crippen LogP contribution in [-0.2, 0) is 28.8 Å². The Kier molecular flexibility index (Phi) is 6.22. The zero-order chi connectivity index (χ0) is 18.7. The van der Waals surface area contributed by atoms with E-state index >= 15 is 0 Å². The van der Waals surface area contributed by atoms with Gasteiger partial charge in [-0.05, 0) is 55.9 Å². The Morgan fingerprint density at radius 1 is 1.19 bits per heavy atom. The number of carbonyl (C=O) groups is 2. The second-order valence-electron chi connectivity index (χ2n) is 6.11. The third kappa shape index (κ3) is 4.22. The second kappa shape index (κ2) is 8.42. The van der Waals surface area contributed by atoms with E-state index in [1.807, 2.05) is 0 Å². The minimum absolute atomic E-state index is 0.154. The number of amides is 1. The molecule has 4 nitrogen and oxygen atoms in total. The number of nitrogens with one attached hydrogen (secondary N) is 1. The molecule has 1 heterocycles. The van der Waals surface area contributed by atoms with Crippen molar-refractivity contribution in [2.45, 2.75) is 39.0 Å². The van der Waals surface area contributed by atoms with E-state index in [0.29, 0.717) is 27.2 Å². The summed E-state index contributed by atoms with van der Waals surface area (Å²) in [5.41, 5.74) is 2.31. The van der Waals surface area contributed by atoms with Crippen molar-refractivity contribution >= 4 is 51.4 Å². The molecule has 1 aromatic carbocycles. The monoisotopic (exact) mass is 411 g/mol. The molecule has 1 amide bonds. The van der Waals surface area contributed by atoms with Gasteiger partial charge in [-0.25, -0.2) is 4.79 Å². The molecule has 1 aliphatic carbocycles. The fourth-order valence-electron chi connectivity index (χ4n) is 3.08. The van der Waals surface area contributed by atoms with Crippen LogP contribution in [0.1, 0.15) is 46.1 Å². The van der Waals surface area contributed by atoms with Crippen LogP contribution in [0.5, 0.6) is 0 Å². The smallest absolute Gasteiger partial charge is 0.341 e. The zero-order valence-electron chi connectivity index (χ0n) is 14.4. The van der Waals surface area contributed by atoms with Crippen molar-refractivity contribution in [2.24, 2.45) is 0 Å². The number of fused-ring (bicyclic) bond motifs is 1. The Hall–Kier alpha value is -1.56. The van der Waals surface area contributed by atoms with Crippen LogP contribution >= 0.6 is 34.5 Å². The van der Waals surface area contributed by atoms with E-state index in [1.165, 1.54) is 16.2 Å². The van der Waals surface area contributed by atoms with Gasteiger partial charge < -0.3 is 10.1 Å². The molecule has 0 saturated heterocycles. The van der Waals surface area contributed by atoms with Crippen molar-refractivity contribution in [2.75, 3.05) is 11.9 Å². The number of rotatable bonds is 5. The summed E-state index contributed by atoms with van der Waals surface area (Å²) in [7, 11) is 0. The first-order valence-electron chi connectivity index (χ1n) is 8.55. The fourth-order valence-corrected chi connectivity index (χ4v) is 4.69. The fraction of sp³-hybridized carbons (Fsp3) is 0.368. The maximum Gasteiger partial charge on any atom is 0.341 e. The van der Waals surface area contributed by atoms with E-state index in [4.69, 9.17) is 27.9 Å². The van der Waals surface area contributed by atoms with Crippen LogP contribution in [0.2, 0.25) is 10.0 Å². The van der Waals surface area contributed by atoms with Gasteiger partial charge in [0, 0.05) is 4.88 Å². The van der Waals surface area contributed by atoms with Gasteiger partial charge >= 0.3 is 5.97 Å². The molecule has 26 heavy (non-hydrogen) atoms. The van der Waals surface area contributed by atoms with Crippen molar-refractivity contribution in [1.82, 2.24) is 0 Å². The average Bonchev–Trinajstić information content (AvgIpc) is 2.96. The van der Waals surface area contributed by atoms with Gasteiger partial charge in [-0.3, -0.25) is 4.79 Å². The molecule has 0 radical (unpaired) electrons. The molecule has 0 atom stereocenters. The van der Waals surface area contributed by atoms with Crippen LogP contribution < -0.4 is 5.32 Å². The molecule has 0 bridgehead atoms. The molecule has 0 unspecified atom stereocenters. The lowest BCUT2D eigenvalue weighted by Crippen LogP contribution is -2.17. The third-order valence-corrected chi connectivity index (χ3v) is 6.20. The van der Waals surface area contributed by atoms with Gasteiger partial charge in [0.2, 0.25) is 5.91 Å². The Balaban J connectivity index is 1.81. The molecular formula is C19H19Cl2NO3S. The van der Waals surface area contributed by atoms with Crippen molar-refractivity contribution in [1.29, 1.82) is 0 Å². The minimum Gasteiger partial charge on any atom is -0.462 e. The van der Waals surface area contributed by atoms with Crippen molar-refractivity contribution in [3.8, 4) is 0 Å². The molecule has 0 saturated carbocycles. The molecule has 7 heteroatoms. The van der Waals surface area contributed by atoms with Gasteiger partial charge in [-0.1, -0.05) is 29.3 Å². The highest BCUT2D eigenvalue weighted by Gasteiger charge is 2.27. The van der Waals surface area contributed by atoms with E-state index in [9.17, 15) is 9.59 Å². The number of hydrogen-bond acceptors (Lipinski definition) is 4. The molecular weight excluding hydrogens is 393 g/mol. The topological polar surface area (TPSA) is 55.4 Å². The highest BCUT2D eigenvalue weighted by molar-refractivity contribution is 7.17. The van der Waals surface area contributed by atoms with Crippen molar-refractivity contribution < 1.29 is 14.3 Å².